The normalized spacial score (nSPS) is 10.4. The molecule has 1 N–H and O–H groups in total. The summed E-state index contributed by atoms with van der Waals surface area (Å²) in [7, 11) is 1.58. The largest absolute Gasteiger partial charge is 0.508 e. The second kappa shape index (κ2) is 4.31. The van der Waals surface area contributed by atoms with Crippen molar-refractivity contribution in [3.05, 3.63) is 36.1 Å². The number of phenols is 1. The van der Waals surface area contributed by atoms with E-state index in [4.69, 9.17) is 9.15 Å². The number of benzene rings is 1. The van der Waals surface area contributed by atoms with Crippen LogP contribution in [0.5, 0.6) is 11.5 Å². The van der Waals surface area contributed by atoms with E-state index in [0.717, 1.165) is 23.3 Å². The van der Waals surface area contributed by atoms with Crippen molar-refractivity contribution in [2.45, 2.75) is 13.3 Å². The SMILES string of the molecule is CCc1ccoc1-c1ccc(O)cc1OC. The van der Waals surface area contributed by atoms with Gasteiger partial charge in [0.2, 0.25) is 0 Å². The Morgan fingerprint density at radius 2 is 2.12 bits per heavy atom. The zero-order valence-electron chi connectivity index (χ0n) is 9.36. The third kappa shape index (κ3) is 1.76. The minimum atomic E-state index is 0.185. The molecule has 0 bridgehead atoms. The van der Waals surface area contributed by atoms with Gasteiger partial charge in [0.15, 0.2) is 0 Å². The molecule has 0 fully saturated rings. The highest BCUT2D eigenvalue weighted by Gasteiger charge is 2.13. The Balaban J connectivity index is 2.55. The van der Waals surface area contributed by atoms with E-state index in [-0.39, 0.29) is 5.75 Å². The molecule has 3 heteroatoms. The van der Waals surface area contributed by atoms with Gasteiger partial charge in [-0.3, -0.25) is 0 Å². The van der Waals surface area contributed by atoms with Crippen LogP contribution >= 0.6 is 0 Å². The van der Waals surface area contributed by atoms with Gasteiger partial charge in [-0.15, -0.1) is 0 Å². The number of aromatic hydroxyl groups is 1. The average molecular weight is 218 g/mol. The fraction of sp³-hybridized carbons (Fsp3) is 0.231. The van der Waals surface area contributed by atoms with E-state index in [1.807, 2.05) is 6.07 Å². The molecule has 0 atom stereocenters. The number of methoxy groups -OCH3 is 1. The Morgan fingerprint density at radius 1 is 1.31 bits per heavy atom. The number of furan rings is 1. The van der Waals surface area contributed by atoms with E-state index in [9.17, 15) is 5.11 Å². The van der Waals surface area contributed by atoms with Gasteiger partial charge in [-0.2, -0.15) is 0 Å². The van der Waals surface area contributed by atoms with E-state index in [1.54, 1.807) is 31.6 Å². The van der Waals surface area contributed by atoms with Crippen molar-refractivity contribution in [1.82, 2.24) is 0 Å². The summed E-state index contributed by atoms with van der Waals surface area (Å²) in [5, 5.41) is 9.38. The second-order valence-corrected chi connectivity index (χ2v) is 3.51. The predicted octanol–water partition coefficient (Wildman–Crippen LogP) is 3.22. The molecule has 1 heterocycles. The lowest BCUT2D eigenvalue weighted by molar-refractivity contribution is 0.407. The molecule has 0 aliphatic heterocycles. The highest BCUT2D eigenvalue weighted by atomic mass is 16.5. The molecule has 3 nitrogen and oxygen atoms in total. The summed E-state index contributed by atoms with van der Waals surface area (Å²) in [5.41, 5.74) is 1.99. The lowest BCUT2D eigenvalue weighted by Gasteiger charge is -2.08. The zero-order chi connectivity index (χ0) is 11.5. The van der Waals surface area contributed by atoms with Gasteiger partial charge in [0.1, 0.15) is 17.3 Å². The van der Waals surface area contributed by atoms with Gasteiger partial charge in [0.25, 0.3) is 0 Å². The molecule has 2 aromatic rings. The van der Waals surface area contributed by atoms with Crippen molar-refractivity contribution in [3.8, 4) is 22.8 Å². The molecule has 16 heavy (non-hydrogen) atoms. The molecule has 0 aliphatic carbocycles. The first-order valence-electron chi connectivity index (χ1n) is 5.20. The van der Waals surface area contributed by atoms with Crippen LogP contribution in [0.3, 0.4) is 0 Å². The smallest absolute Gasteiger partial charge is 0.140 e. The fourth-order valence-corrected chi connectivity index (χ4v) is 1.72. The van der Waals surface area contributed by atoms with Gasteiger partial charge in [-0.1, -0.05) is 6.92 Å². The molecule has 0 aliphatic rings. The van der Waals surface area contributed by atoms with Crippen molar-refractivity contribution in [1.29, 1.82) is 0 Å². The average Bonchev–Trinajstić information content (AvgIpc) is 2.76. The second-order valence-electron chi connectivity index (χ2n) is 3.51. The topological polar surface area (TPSA) is 42.6 Å². The van der Waals surface area contributed by atoms with Gasteiger partial charge in [-0.05, 0) is 30.2 Å². The predicted molar refractivity (Wildman–Crippen MR) is 61.7 cm³/mol. The van der Waals surface area contributed by atoms with Crippen LogP contribution in [0.4, 0.5) is 0 Å². The molecule has 0 spiro atoms. The lowest BCUT2D eigenvalue weighted by Crippen LogP contribution is -1.89. The van der Waals surface area contributed by atoms with Crippen LogP contribution in [0.15, 0.2) is 34.9 Å². The Labute approximate surface area is 94.3 Å². The summed E-state index contributed by atoms with van der Waals surface area (Å²) in [6.07, 6.45) is 2.57. The van der Waals surface area contributed by atoms with Gasteiger partial charge < -0.3 is 14.3 Å². The summed E-state index contributed by atoms with van der Waals surface area (Å²) >= 11 is 0. The molecule has 84 valence electrons. The van der Waals surface area contributed by atoms with Crippen molar-refractivity contribution in [2.24, 2.45) is 0 Å². The number of rotatable bonds is 3. The lowest BCUT2D eigenvalue weighted by atomic mass is 10.1. The number of aryl methyl sites for hydroxylation is 1. The van der Waals surface area contributed by atoms with Gasteiger partial charge in [0, 0.05) is 6.07 Å². The number of phenolic OH excluding ortho intramolecular Hbond substituents is 1. The molecule has 0 unspecified atom stereocenters. The summed E-state index contributed by atoms with van der Waals surface area (Å²) in [6, 6.07) is 6.95. The molecular formula is C13H14O3. The third-order valence-corrected chi connectivity index (χ3v) is 2.56. The van der Waals surface area contributed by atoms with Crippen molar-refractivity contribution >= 4 is 0 Å². The quantitative estimate of drug-likeness (QED) is 0.860. The number of hydrogen-bond donors (Lipinski definition) is 1. The number of hydrogen-bond acceptors (Lipinski definition) is 3. The minimum absolute atomic E-state index is 0.185. The van der Waals surface area contributed by atoms with E-state index >= 15 is 0 Å². The van der Waals surface area contributed by atoms with Crippen LogP contribution in [0.2, 0.25) is 0 Å². The molecule has 2 rings (SSSR count). The van der Waals surface area contributed by atoms with Crippen molar-refractivity contribution < 1.29 is 14.3 Å². The van der Waals surface area contributed by atoms with E-state index < -0.39 is 0 Å². The molecule has 1 aromatic carbocycles. The Kier molecular flexibility index (Phi) is 2.86. The van der Waals surface area contributed by atoms with Gasteiger partial charge >= 0.3 is 0 Å². The van der Waals surface area contributed by atoms with E-state index in [2.05, 4.69) is 6.92 Å². The van der Waals surface area contributed by atoms with Gasteiger partial charge in [0.05, 0.1) is 18.9 Å². The zero-order valence-corrected chi connectivity index (χ0v) is 9.36. The summed E-state index contributed by atoms with van der Waals surface area (Å²) in [6.45, 7) is 2.07. The highest BCUT2D eigenvalue weighted by Crippen LogP contribution is 2.35. The van der Waals surface area contributed by atoms with Crippen molar-refractivity contribution in [3.63, 3.8) is 0 Å². The summed E-state index contributed by atoms with van der Waals surface area (Å²) in [4.78, 5) is 0. The standard InChI is InChI=1S/C13H14O3/c1-3-9-6-7-16-13(9)11-5-4-10(14)8-12(11)15-2/h4-8,14H,3H2,1-2H3. The first kappa shape index (κ1) is 10.6. The van der Waals surface area contributed by atoms with E-state index in [0.29, 0.717) is 5.75 Å². The van der Waals surface area contributed by atoms with Crippen molar-refractivity contribution in [2.75, 3.05) is 7.11 Å². The first-order chi connectivity index (χ1) is 7.76. The molecule has 1 aromatic heterocycles. The fourth-order valence-electron chi connectivity index (χ4n) is 1.72. The molecular weight excluding hydrogens is 204 g/mol. The monoisotopic (exact) mass is 218 g/mol. The maximum Gasteiger partial charge on any atom is 0.140 e. The van der Waals surface area contributed by atoms with Crippen LogP contribution in [0, 0.1) is 0 Å². The molecule has 0 saturated carbocycles. The highest BCUT2D eigenvalue weighted by molar-refractivity contribution is 5.69. The Bertz CT molecular complexity index is 486. The maximum atomic E-state index is 9.38. The summed E-state index contributed by atoms with van der Waals surface area (Å²) < 4.78 is 10.7. The number of ether oxygens (including phenoxy) is 1. The van der Waals surface area contributed by atoms with Crippen LogP contribution in [0.25, 0.3) is 11.3 Å². The van der Waals surface area contributed by atoms with Crippen LogP contribution in [-0.4, -0.2) is 12.2 Å². The Hall–Kier alpha value is -1.90. The maximum absolute atomic E-state index is 9.38. The van der Waals surface area contributed by atoms with Crippen LogP contribution < -0.4 is 4.74 Å². The summed E-state index contributed by atoms with van der Waals surface area (Å²) in [5.74, 6) is 1.61. The van der Waals surface area contributed by atoms with Crippen LogP contribution in [-0.2, 0) is 6.42 Å². The van der Waals surface area contributed by atoms with E-state index in [1.165, 1.54) is 0 Å². The Morgan fingerprint density at radius 3 is 2.81 bits per heavy atom. The molecule has 0 amide bonds. The molecule has 0 saturated heterocycles. The minimum Gasteiger partial charge on any atom is -0.508 e. The van der Waals surface area contributed by atoms with Crippen LogP contribution in [0.1, 0.15) is 12.5 Å². The first-order valence-corrected chi connectivity index (χ1v) is 5.20. The molecule has 0 radical (unpaired) electrons. The van der Waals surface area contributed by atoms with Gasteiger partial charge in [-0.25, -0.2) is 0 Å². The third-order valence-electron chi connectivity index (χ3n) is 2.56.